The summed E-state index contributed by atoms with van der Waals surface area (Å²) in [6.45, 7) is 5.65. The Kier molecular flexibility index (Phi) is 4.31. The predicted octanol–water partition coefficient (Wildman–Crippen LogP) is 2.49. The van der Waals surface area contributed by atoms with Crippen molar-refractivity contribution in [2.24, 2.45) is 0 Å². The Hall–Kier alpha value is -1.72. The van der Waals surface area contributed by atoms with Crippen molar-refractivity contribution in [3.05, 3.63) is 52.5 Å². The molecule has 1 aromatic heterocycles. The van der Waals surface area contributed by atoms with Gasteiger partial charge < -0.3 is 4.90 Å². The van der Waals surface area contributed by atoms with Gasteiger partial charge in [0.05, 0.1) is 5.51 Å². The first-order valence-electron chi connectivity index (χ1n) is 7.19. The van der Waals surface area contributed by atoms with Crippen LogP contribution in [0.1, 0.15) is 23.0 Å². The van der Waals surface area contributed by atoms with Crippen LogP contribution in [0.25, 0.3) is 0 Å². The topological polar surface area (TPSA) is 36.4 Å². The van der Waals surface area contributed by atoms with Gasteiger partial charge in [0, 0.05) is 37.6 Å². The summed E-state index contributed by atoms with van der Waals surface area (Å²) in [5.74, 6) is 0.0584. The van der Waals surface area contributed by atoms with Crippen LogP contribution < -0.4 is 0 Å². The second kappa shape index (κ2) is 6.37. The molecule has 1 amide bonds. The minimum absolute atomic E-state index is 0.0584. The average Bonchev–Trinajstić information content (AvgIpc) is 3.02. The van der Waals surface area contributed by atoms with Gasteiger partial charge in [-0.3, -0.25) is 9.69 Å². The Morgan fingerprint density at radius 2 is 2.14 bits per heavy atom. The zero-order chi connectivity index (χ0) is 14.7. The molecule has 0 aliphatic carbocycles. The smallest absolute Gasteiger partial charge is 0.273 e. The maximum atomic E-state index is 12.4. The van der Waals surface area contributed by atoms with E-state index in [-0.39, 0.29) is 11.9 Å². The Bertz CT molecular complexity index is 585. The van der Waals surface area contributed by atoms with E-state index in [4.69, 9.17) is 0 Å². The van der Waals surface area contributed by atoms with Crippen LogP contribution in [-0.2, 0) is 6.54 Å². The SMILES string of the molecule is CC1CN(Cc2ccccc2)CCN1C(=O)c1cscn1. The minimum Gasteiger partial charge on any atom is -0.332 e. The second-order valence-electron chi connectivity index (χ2n) is 5.44. The molecule has 0 radical (unpaired) electrons. The van der Waals surface area contributed by atoms with Crippen molar-refractivity contribution in [2.45, 2.75) is 19.5 Å². The highest BCUT2D eigenvalue weighted by atomic mass is 32.1. The van der Waals surface area contributed by atoms with E-state index in [1.807, 2.05) is 16.3 Å². The van der Waals surface area contributed by atoms with Gasteiger partial charge in [0.25, 0.3) is 5.91 Å². The fourth-order valence-corrected chi connectivity index (χ4v) is 3.31. The van der Waals surface area contributed by atoms with Crippen molar-refractivity contribution in [1.29, 1.82) is 0 Å². The molecule has 0 spiro atoms. The van der Waals surface area contributed by atoms with Crippen LogP contribution >= 0.6 is 11.3 Å². The van der Waals surface area contributed by atoms with Gasteiger partial charge >= 0.3 is 0 Å². The molecule has 1 aromatic carbocycles. The number of rotatable bonds is 3. The number of carbonyl (C=O) groups is 1. The summed E-state index contributed by atoms with van der Waals surface area (Å²) in [4.78, 5) is 20.9. The first kappa shape index (κ1) is 14.2. The van der Waals surface area contributed by atoms with E-state index in [0.29, 0.717) is 5.69 Å². The standard InChI is InChI=1S/C16H19N3OS/c1-13-9-18(10-14-5-3-2-4-6-14)7-8-19(13)16(20)15-11-21-12-17-15/h2-6,11-13H,7-10H2,1H3. The zero-order valence-corrected chi connectivity index (χ0v) is 12.9. The molecule has 4 nitrogen and oxygen atoms in total. The molecule has 5 heteroatoms. The van der Waals surface area contributed by atoms with Crippen LogP contribution in [0, 0.1) is 0 Å². The molecule has 1 saturated heterocycles. The molecule has 110 valence electrons. The van der Waals surface area contributed by atoms with Gasteiger partial charge in [-0.2, -0.15) is 0 Å². The molecule has 21 heavy (non-hydrogen) atoms. The largest absolute Gasteiger partial charge is 0.332 e. The molecular weight excluding hydrogens is 282 g/mol. The third-order valence-corrected chi connectivity index (χ3v) is 4.46. The molecule has 0 N–H and O–H groups in total. The number of hydrogen-bond donors (Lipinski definition) is 0. The predicted molar refractivity (Wildman–Crippen MR) is 84.3 cm³/mol. The molecule has 2 heterocycles. The molecule has 1 fully saturated rings. The quantitative estimate of drug-likeness (QED) is 0.874. The highest BCUT2D eigenvalue weighted by molar-refractivity contribution is 7.07. The average molecular weight is 301 g/mol. The first-order valence-corrected chi connectivity index (χ1v) is 8.14. The maximum Gasteiger partial charge on any atom is 0.273 e. The number of piperazine rings is 1. The lowest BCUT2D eigenvalue weighted by Gasteiger charge is -2.39. The van der Waals surface area contributed by atoms with Crippen molar-refractivity contribution in [3.63, 3.8) is 0 Å². The zero-order valence-electron chi connectivity index (χ0n) is 12.1. The second-order valence-corrected chi connectivity index (χ2v) is 6.16. The number of amides is 1. The lowest BCUT2D eigenvalue weighted by molar-refractivity contribution is 0.0471. The van der Waals surface area contributed by atoms with Gasteiger partial charge in [-0.05, 0) is 12.5 Å². The van der Waals surface area contributed by atoms with Crippen LogP contribution in [0.2, 0.25) is 0 Å². The van der Waals surface area contributed by atoms with E-state index in [1.165, 1.54) is 16.9 Å². The molecule has 1 atom stereocenters. The summed E-state index contributed by atoms with van der Waals surface area (Å²) < 4.78 is 0. The third kappa shape index (κ3) is 3.31. The van der Waals surface area contributed by atoms with Crippen LogP contribution in [0.3, 0.4) is 0 Å². The van der Waals surface area contributed by atoms with Crippen molar-refractivity contribution in [2.75, 3.05) is 19.6 Å². The number of aromatic nitrogens is 1. The molecule has 2 aromatic rings. The molecule has 1 unspecified atom stereocenters. The molecule has 0 saturated carbocycles. The van der Waals surface area contributed by atoms with Crippen LogP contribution in [0.5, 0.6) is 0 Å². The summed E-state index contributed by atoms with van der Waals surface area (Å²) in [6.07, 6.45) is 0. The molecule has 0 bridgehead atoms. The van der Waals surface area contributed by atoms with Gasteiger partial charge in [-0.15, -0.1) is 11.3 Å². The highest BCUT2D eigenvalue weighted by Gasteiger charge is 2.28. The highest BCUT2D eigenvalue weighted by Crippen LogP contribution is 2.16. The van der Waals surface area contributed by atoms with E-state index in [2.05, 4.69) is 41.1 Å². The van der Waals surface area contributed by atoms with Crippen LogP contribution in [-0.4, -0.2) is 46.4 Å². The van der Waals surface area contributed by atoms with E-state index >= 15 is 0 Å². The van der Waals surface area contributed by atoms with Crippen molar-refractivity contribution in [1.82, 2.24) is 14.8 Å². The first-order chi connectivity index (χ1) is 10.2. The lowest BCUT2D eigenvalue weighted by atomic mass is 10.1. The fourth-order valence-electron chi connectivity index (χ4n) is 2.79. The number of nitrogens with zero attached hydrogens (tertiary/aromatic N) is 3. The molecule has 3 rings (SSSR count). The minimum atomic E-state index is 0.0584. The number of hydrogen-bond acceptors (Lipinski definition) is 4. The van der Waals surface area contributed by atoms with Gasteiger partial charge in [-0.25, -0.2) is 4.98 Å². The third-order valence-electron chi connectivity index (χ3n) is 3.87. The number of benzene rings is 1. The fraction of sp³-hybridized carbons (Fsp3) is 0.375. The van der Waals surface area contributed by atoms with Gasteiger partial charge in [-0.1, -0.05) is 30.3 Å². The van der Waals surface area contributed by atoms with Gasteiger partial charge in [0.15, 0.2) is 0 Å². The van der Waals surface area contributed by atoms with E-state index in [0.717, 1.165) is 26.2 Å². The number of thiazole rings is 1. The van der Waals surface area contributed by atoms with Crippen LogP contribution in [0.4, 0.5) is 0 Å². The van der Waals surface area contributed by atoms with Gasteiger partial charge in [0.1, 0.15) is 5.69 Å². The molecule has 1 aliphatic heterocycles. The van der Waals surface area contributed by atoms with Crippen molar-refractivity contribution in [3.8, 4) is 0 Å². The lowest BCUT2D eigenvalue weighted by Crippen LogP contribution is -2.53. The Morgan fingerprint density at radius 3 is 2.81 bits per heavy atom. The summed E-state index contributed by atoms with van der Waals surface area (Å²) in [5, 5.41) is 1.82. The van der Waals surface area contributed by atoms with E-state index in [1.54, 1.807) is 5.51 Å². The van der Waals surface area contributed by atoms with E-state index in [9.17, 15) is 4.79 Å². The summed E-state index contributed by atoms with van der Waals surface area (Å²) in [6, 6.07) is 10.7. The Balaban J connectivity index is 1.61. The van der Waals surface area contributed by atoms with Gasteiger partial charge in [0.2, 0.25) is 0 Å². The Morgan fingerprint density at radius 1 is 1.33 bits per heavy atom. The molecular formula is C16H19N3OS. The van der Waals surface area contributed by atoms with Crippen molar-refractivity contribution < 1.29 is 4.79 Å². The number of carbonyl (C=O) groups excluding carboxylic acids is 1. The normalized spacial score (nSPS) is 19.7. The monoisotopic (exact) mass is 301 g/mol. The maximum absolute atomic E-state index is 12.4. The summed E-state index contributed by atoms with van der Waals surface area (Å²) in [5.41, 5.74) is 3.61. The van der Waals surface area contributed by atoms with E-state index < -0.39 is 0 Å². The summed E-state index contributed by atoms with van der Waals surface area (Å²) in [7, 11) is 0. The Labute approximate surface area is 129 Å². The van der Waals surface area contributed by atoms with Crippen LogP contribution in [0.15, 0.2) is 41.2 Å². The molecule has 1 aliphatic rings. The summed E-state index contributed by atoms with van der Waals surface area (Å²) >= 11 is 1.47. The van der Waals surface area contributed by atoms with Crippen molar-refractivity contribution >= 4 is 17.2 Å².